The fourth-order valence-electron chi connectivity index (χ4n) is 3.81. The minimum atomic E-state index is 0.244. The van der Waals surface area contributed by atoms with E-state index in [0.29, 0.717) is 0 Å². The number of aromatic nitrogens is 1. The largest absolute Gasteiger partial charge is 0.453 e. The molecule has 4 heterocycles. The first-order chi connectivity index (χ1) is 13.4. The van der Waals surface area contributed by atoms with Crippen LogP contribution in [-0.4, -0.2) is 11.8 Å². The Morgan fingerprint density at radius 2 is 1.44 bits per heavy atom. The Morgan fingerprint density at radius 3 is 2.19 bits per heavy atom. The fourth-order valence-corrected chi connectivity index (χ4v) is 5.36. The number of pyridine rings is 1. The van der Waals surface area contributed by atoms with Crippen molar-refractivity contribution in [3.63, 3.8) is 0 Å². The molecule has 0 saturated carbocycles. The van der Waals surface area contributed by atoms with Crippen LogP contribution < -0.4 is 9.47 Å². The first-order valence-electron chi connectivity index (χ1n) is 8.62. The fraction of sp³-hybridized carbons (Fsp3) is 0.0455. The maximum Gasteiger partial charge on any atom is 0.231 e. The number of rotatable bonds is 2. The molecule has 0 radical (unpaired) electrons. The highest BCUT2D eigenvalue weighted by atomic mass is 32.1. The summed E-state index contributed by atoms with van der Waals surface area (Å²) in [7, 11) is 0. The van der Waals surface area contributed by atoms with Crippen molar-refractivity contribution in [2.24, 2.45) is 0 Å². The molecule has 0 saturated heterocycles. The van der Waals surface area contributed by atoms with E-state index >= 15 is 0 Å². The smallest absolute Gasteiger partial charge is 0.231 e. The van der Waals surface area contributed by atoms with Gasteiger partial charge in [0.1, 0.15) is 0 Å². The second kappa shape index (κ2) is 5.81. The molecule has 130 valence electrons. The van der Waals surface area contributed by atoms with Gasteiger partial charge in [-0.3, -0.25) is 4.98 Å². The lowest BCUT2D eigenvalue weighted by atomic mass is 9.94. The maximum atomic E-state index is 6.02. The molecule has 0 N–H and O–H groups in total. The summed E-state index contributed by atoms with van der Waals surface area (Å²) in [6, 6.07) is 16.7. The minimum absolute atomic E-state index is 0.244. The molecule has 1 aliphatic heterocycles. The Morgan fingerprint density at radius 1 is 0.741 bits per heavy atom. The molecule has 0 atom stereocenters. The van der Waals surface area contributed by atoms with E-state index in [1.807, 2.05) is 12.3 Å². The summed E-state index contributed by atoms with van der Waals surface area (Å²) >= 11 is 3.42. The molecular weight excluding hydrogens is 374 g/mol. The second-order valence-electron chi connectivity index (χ2n) is 6.33. The van der Waals surface area contributed by atoms with Crippen LogP contribution in [0.4, 0.5) is 0 Å². The average Bonchev–Trinajstić information content (AvgIpc) is 3.48. The molecule has 0 fully saturated rings. The summed E-state index contributed by atoms with van der Waals surface area (Å²) in [4.78, 5) is 7.08. The summed E-state index contributed by atoms with van der Waals surface area (Å²) in [5.41, 5.74) is 3.16. The van der Waals surface area contributed by atoms with Gasteiger partial charge in [-0.15, -0.1) is 22.7 Å². The number of fused-ring (bicyclic) bond motifs is 4. The Bertz CT molecular complexity index is 1290. The predicted octanol–water partition coefficient (Wildman–Crippen LogP) is 6.57. The Balaban J connectivity index is 1.89. The maximum absolute atomic E-state index is 6.02. The molecule has 0 unspecified atom stereocenters. The summed E-state index contributed by atoms with van der Waals surface area (Å²) in [5.74, 6) is 1.66. The van der Waals surface area contributed by atoms with Crippen LogP contribution in [0, 0.1) is 0 Å². The van der Waals surface area contributed by atoms with Crippen LogP contribution in [-0.2, 0) is 0 Å². The number of para-hydroxylation sites is 1. The SMILES string of the molecule is c1csc(-c2c3c(c(-c4cccs4)c4c2cnc2ccccc24)OCO3)c1. The number of hydrogen-bond acceptors (Lipinski definition) is 5. The van der Waals surface area contributed by atoms with Crippen molar-refractivity contribution in [1.29, 1.82) is 0 Å². The van der Waals surface area contributed by atoms with Crippen LogP contribution >= 0.6 is 22.7 Å². The van der Waals surface area contributed by atoms with Crippen molar-refractivity contribution < 1.29 is 9.47 Å². The minimum Gasteiger partial charge on any atom is -0.453 e. The van der Waals surface area contributed by atoms with E-state index in [0.717, 1.165) is 43.8 Å². The molecule has 0 spiro atoms. The molecule has 3 nitrogen and oxygen atoms in total. The van der Waals surface area contributed by atoms with Crippen LogP contribution in [0.25, 0.3) is 42.6 Å². The van der Waals surface area contributed by atoms with E-state index < -0.39 is 0 Å². The molecule has 6 rings (SSSR count). The van der Waals surface area contributed by atoms with Crippen LogP contribution in [0.2, 0.25) is 0 Å². The third kappa shape index (κ3) is 2.16. The van der Waals surface area contributed by atoms with Crippen LogP contribution in [0.5, 0.6) is 11.5 Å². The van der Waals surface area contributed by atoms with Crippen molar-refractivity contribution >= 4 is 44.3 Å². The molecule has 0 amide bonds. The number of hydrogen-bond donors (Lipinski definition) is 0. The van der Waals surface area contributed by atoms with Gasteiger partial charge in [0.05, 0.1) is 5.52 Å². The van der Waals surface area contributed by atoms with Crippen molar-refractivity contribution in [1.82, 2.24) is 4.98 Å². The average molecular weight is 387 g/mol. The first-order valence-corrected chi connectivity index (χ1v) is 10.4. The topological polar surface area (TPSA) is 31.4 Å². The predicted molar refractivity (Wildman–Crippen MR) is 112 cm³/mol. The van der Waals surface area contributed by atoms with E-state index in [2.05, 4.69) is 53.2 Å². The number of ether oxygens (including phenoxy) is 2. The molecule has 0 bridgehead atoms. The van der Waals surface area contributed by atoms with E-state index in [1.54, 1.807) is 22.7 Å². The molecule has 3 aromatic heterocycles. The Labute approximate surface area is 163 Å². The number of nitrogens with zero attached hydrogens (tertiary/aromatic N) is 1. The summed E-state index contributed by atoms with van der Waals surface area (Å²) in [5, 5.41) is 7.60. The van der Waals surface area contributed by atoms with E-state index in [1.165, 1.54) is 10.3 Å². The highest BCUT2D eigenvalue weighted by Gasteiger charge is 2.29. The highest BCUT2D eigenvalue weighted by Crippen LogP contribution is 2.55. The third-order valence-corrected chi connectivity index (χ3v) is 6.67. The first kappa shape index (κ1) is 15.2. The lowest BCUT2D eigenvalue weighted by Crippen LogP contribution is -1.93. The summed E-state index contributed by atoms with van der Waals surface area (Å²) in [6.45, 7) is 0.244. The third-order valence-electron chi connectivity index (χ3n) is 4.90. The monoisotopic (exact) mass is 387 g/mol. The van der Waals surface area contributed by atoms with Gasteiger partial charge >= 0.3 is 0 Å². The standard InChI is InChI=1S/C22H13NO2S2/c1-2-6-15-13(5-1)18-14(11-23-15)19(16-7-3-9-26-16)21-22(25-12-24-21)20(18)17-8-4-10-27-17/h1-11H,12H2. The molecule has 1 aliphatic rings. The van der Waals surface area contributed by atoms with Crippen LogP contribution in [0.1, 0.15) is 0 Å². The van der Waals surface area contributed by atoms with Crippen molar-refractivity contribution in [2.45, 2.75) is 0 Å². The van der Waals surface area contributed by atoms with Gasteiger partial charge in [-0.05, 0) is 29.0 Å². The van der Waals surface area contributed by atoms with Gasteiger partial charge in [0, 0.05) is 43.2 Å². The van der Waals surface area contributed by atoms with Gasteiger partial charge < -0.3 is 9.47 Å². The van der Waals surface area contributed by atoms with Gasteiger partial charge in [0.25, 0.3) is 0 Å². The number of thiophene rings is 2. The number of benzene rings is 2. The normalized spacial score (nSPS) is 12.9. The van der Waals surface area contributed by atoms with Gasteiger partial charge in [0.2, 0.25) is 6.79 Å². The highest BCUT2D eigenvalue weighted by molar-refractivity contribution is 7.14. The molecular formula is C22H13NO2S2. The van der Waals surface area contributed by atoms with Crippen LogP contribution in [0.15, 0.2) is 65.5 Å². The Hall–Kier alpha value is -2.89. The van der Waals surface area contributed by atoms with Crippen molar-refractivity contribution in [2.75, 3.05) is 6.79 Å². The second-order valence-corrected chi connectivity index (χ2v) is 8.23. The molecule has 0 aliphatic carbocycles. The van der Waals surface area contributed by atoms with E-state index in [9.17, 15) is 0 Å². The van der Waals surface area contributed by atoms with Crippen molar-refractivity contribution in [3.8, 4) is 32.4 Å². The van der Waals surface area contributed by atoms with Gasteiger partial charge in [0.15, 0.2) is 11.5 Å². The molecule has 5 heteroatoms. The van der Waals surface area contributed by atoms with E-state index in [4.69, 9.17) is 14.5 Å². The quantitative estimate of drug-likeness (QED) is 0.321. The summed E-state index contributed by atoms with van der Waals surface area (Å²) in [6.07, 6.45) is 1.98. The summed E-state index contributed by atoms with van der Waals surface area (Å²) < 4.78 is 12.0. The van der Waals surface area contributed by atoms with Crippen LogP contribution in [0.3, 0.4) is 0 Å². The van der Waals surface area contributed by atoms with E-state index in [-0.39, 0.29) is 6.79 Å². The zero-order valence-corrected chi connectivity index (χ0v) is 15.8. The lowest BCUT2D eigenvalue weighted by Gasteiger charge is -2.15. The molecule has 27 heavy (non-hydrogen) atoms. The van der Waals surface area contributed by atoms with Gasteiger partial charge in [-0.1, -0.05) is 30.3 Å². The zero-order chi connectivity index (χ0) is 17.8. The Kier molecular flexibility index (Phi) is 3.27. The van der Waals surface area contributed by atoms with Crippen molar-refractivity contribution in [3.05, 3.63) is 65.5 Å². The molecule has 5 aromatic rings. The lowest BCUT2D eigenvalue weighted by molar-refractivity contribution is 0.174. The van der Waals surface area contributed by atoms with Gasteiger partial charge in [-0.25, -0.2) is 0 Å². The van der Waals surface area contributed by atoms with Gasteiger partial charge in [-0.2, -0.15) is 0 Å². The zero-order valence-electron chi connectivity index (χ0n) is 14.1. The molecule has 2 aromatic carbocycles.